The van der Waals surface area contributed by atoms with Gasteiger partial charge in [-0.25, -0.2) is 0 Å². The Morgan fingerprint density at radius 2 is 1.63 bits per heavy atom. The van der Waals surface area contributed by atoms with Crippen LogP contribution in [0.15, 0.2) is 165 Å². The van der Waals surface area contributed by atoms with Crippen molar-refractivity contribution in [3.63, 3.8) is 0 Å². The second-order valence-corrected chi connectivity index (χ2v) is 11.7. The molecule has 0 spiro atoms. The first kappa shape index (κ1) is 34.1. The van der Waals surface area contributed by atoms with Gasteiger partial charge in [-0.05, 0) is 100 Å². The van der Waals surface area contributed by atoms with Gasteiger partial charge in [-0.2, -0.15) is 0 Å². The number of benzene rings is 3. The van der Waals surface area contributed by atoms with E-state index in [4.69, 9.17) is 10.8 Å². The third kappa shape index (κ3) is 7.19. The van der Waals surface area contributed by atoms with Gasteiger partial charge in [0.05, 0.1) is 11.7 Å². The van der Waals surface area contributed by atoms with Gasteiger partial charge in [0, 0.05) is 35.1 Å². The van der Waals surface area contributed by atoms with Gasteiger partial charge >= 0.3 is 0 Å². The van der Waals surface area contributed by atoms with E-state index < -0.39 is 0 Å². The van der Waals surface area contributed by atoms with Crippen LogP contribution in [0.25, 0.3) is 45.8 Å². The van der Waals surface area contributed by atoms with E-state index in [0.717, 1.165) is 67.3 Å². The molecule has 1 aliphatic rings. The first-order valence-electron chi connectivity index (χ1n) is 16.2. The molecule has 1 aromatic heterocycles. The number of hydrogen-bond acceptors (Lipinski definition) is 3. The maximum Gasteiger partial charge on any atom is 0.0701 e. The molecule has 3 aromatic carbocycles. The van der Waals surface area contributed by atoms with Crippen LogP contribution in [0.1, 0.15) is 27.9 Å². The lowest BCUT2D eigenvalue weighted by Gasteiger charge is -2.24. The van der Waals surface area contributed by atoms with Gasteiger partial charge < -0.3 is 20.7 Å². The molecule has 49 heavy (non-hydrogen) atoms. The van der Waals surface area contributed by atoms with E-state index in [1.165, 1.54) is 23.6 Å². The molecule has 242 valence electrons. The Kier molecular flexibility index (Phi) is 10.8. The summed E-state index contributed by atoms with van der Waals surface area (Å²) in [4.78, 5) is 0. The van der Waals surface area contributed by atoms with E-state index in [-0.39, 0.29) is 6.04 Å². The highest BCUT2D eigenvalue weighted by Gasteiger charge is 2.22. The lowest BCUT2D eigenvalue weighted by Crippen LogP contribution is -2.30. The average molecular weight is 639 g/mol. The number of nitrogens with zero attached hydrogens (tertiary/aromatic N) is 1. The van der Waals surface area contributed by atoms with Gasteiger partial charge in [0.25, 0.3) is 0 Å². The Bertz CT molecular complexity index is 2090. The van der Waals surface area contributed by atoms with E-state index in [9.17, 15) is 0 Å². The van der Waals surface area contributed by atoms with E-state index in [1.54, 1.807) is 12.2 Å². The first-order valence-corrected chi connectivity index (χ1v) is 16.2. The Hall–Kier alpha value is -6.26. The zero-order valence-corrected chi connectivity index (χ0v) is 28.2. The highest BCUT2D eigenvalue weighted by molar-refractivity contribution is 6.08. The van der Waals surface area contributed by atoms with E-state index in [2.05, 4.69) is 117 Å². The number of dihydropyridines is 1. The molecule has 4 nitrogen and oxygen atoms in total. The number of rotatable bonds is 13. The van der Waals surface area contributed by atoms with Crippen LogP contribution in [-0.4, -0.2) is 23.0 Å². The molecule has 1 aliphatic heterocycles. The predicted octanol–water partition coefficient (Wildman–Crippen LogP) is 11.0. The lowest BCUT2D eigenvalue weighted by atomic mass is 9.94. The maximum atomic E-state index is 7.75. The summed E-state index contributed by atoms with van der Waals surface area (Å²) in [7, 11) is 0. The van der Waals surface area contributed by atoms with Crippen LogP contribution in [0.2, 0.25) is 0 Å². The third-order valence-corrected chi connectivity index (χ3v) is 8.83. The fraction of sp³-hybridized carbons (Fsp3) is 0.0667. The minimum atomic E-state index is -0.110. The van der Waals surface area contributed by atoms with Gasteiger partial charge in [-0.3, -0.25) is 0 Å². The molecule has 0 amide bonds. The predicted molar refractivity (Wildman–Crippen MR) is 213 cm³/mol. The summed E-state index contributed by atoms with van der Waals surface area (Å²) in [6.07, 6.45) is 21.8. The van der Waals surface area contributed by atoms with Crippen molar-refractivity contribution in [3.8, 4) is 28.1 Å². The number of aromatic nitrogens is 1. The zero-order valence-electron chi connectivity index (χ0n) is 28.2. The summed E-state index contributed by atoms with van der Waals surface area (Å²) in [6, 6.07) is 25.2. The quantitative estimate of drug-likeness (QED) is 0.0990. The minimum absolute atomic E-state index is 0.110. The highest BCUT2D eigenvalue weighted by atomic mass is 15.0. The van der Waals surface area contributed by atoms with Crippen molar-refractivity contribution >= 4 is 30.2 Å². The van der Waals surface area contributed by atoms with Crippen molar-refractivity contribution in [1.82, 2.24) is 9.88 Å². The van der Waals surface area contributed by atoms with Crippen molar-refractivity contribution in [2.75, 3.05) is 0 Å². The molecule has 4 aromatic rings. The normalized spacial score (nSPS) is 14.6. The summed E-state index contributed by atoms with van der Waals surface area (Å²) in [5.74, 6) is 0. The van der Waals surface area contributed by atoms with Crippen LogP contribution in [0.3, 0.4) is 0 Å². The Labute approximate surface area is 290 Å². The molecule has 0 bridgehead atoms. The molecule has 0 saturated heterocycles. The van der Waals surface area contributed by atoms with E-state index in [0.29, 0.717) is 0 Å². The molecule has 0 fully saturated rings. The van der Waals surface area contributed by atoms with Crippen LogP contribution >= 0.6 is 0 Å². The standard InChI is InChI=1S/C45H42N4/c1-7-15-39(30-47)37-23-21-36(22-24-37)38-25-26-41(34(8-2)28-38)45-33(6)32(5)44(49(45)40-17-11-10-12-18-40)29-35(9-3)43-20-13-19-42(48-43)31(4)16-14-27-46/h7-30,43,46-48H,1-4H2,5-6H3/b16-14-,35-29+,39-15+,46-27?,47-30?. The van der Waals surface area contributed by atoms with Gasteiger partial charge in [0.15, 0.2) is 0 Å². The van der Waals surface area contributed by atoms with Gasteiger partial charge in [0.1, 0.15) is 0 Å². The molecule has 1 unspecified atom stereocenters. The van der Waals surface area contributed by atoms with Crippen molar-refractivity contribution in [3.05, 3.63) is 193 Å². The van der Waals surface area contributed by atoms with Crippen molar-refractivity contribution in [2.24, 2.45) is 0 Å². The molecular weight excluding hydrogens is 597 g/mol. The van der Waals surface area contributed by atoms with Crippen LogP contribution in [0, 0.1) is 24.7 Å². The lowest BCUT2D eigenvalue weighted by molar-refractivity contribution is 0.767. The molecule has 4 heteroatoms. The molecule has 0 saturated carbocycles. The van der Waals surface area contributed by atoms with Gasteiger partial charge in [0.2, 0.25) is 0 Å². The summed E-state index contributed by atoms with van der Waals surface area (Å²) < 4.78 is 2.34. The Morgan fingerprint density at radius 1 is 0.898 bits per heavy atom. The summed E-state index contributed by atoms with van der Waals surface area (Å²) in [5.41, 5.74) is 14.4. The number of para-hydroxylation sites is 1. The van der Waals surface area contributed by atoms with Crippen molar-refractivity contribution < 1.29 is 0 Å². The van der Waals surface area contributed by atoms with E-state index >= 15 is 0 Å². The average Bonchev–Trinajstić information content (AvgIpc) is 3.39. The SMILES string of the molecule is C=C/C=C(\C=N)c1ccc(-c2ccc(-c3c(C)c(C)c(/C=C(\C=C)C4C=CC=C(C(=C)/C=C\C=N)N4)n3-c3ccccc3)c(C=C)c2)cc1. The largest absolute Gasteiger partial charge is 0.374 e. The van der Waals surface area contributed by atoms with Crippen LogP contribution in [0.5, 0.6) is 0 Å². The molecule has 5 rings (SSSR count). The number of nitrogens with one attached hydrogen (secondary N) is 3. The molecule has 3 N–H and O–H groups in total. The molecule has 2 heterocycles. The zero-order chi connectivity index (χ0) is 34.9. The Balaban J connectivity index is 1.62. The summed E-state index contributed by atoms with van der Waals surface area (Å²) >= 11 is 0. The van der Waals surface area contributed by atoms with Crippen LogP contribution in [0.4, 0.5) is 0 Å². The molecular formula is C45H42N4. The highest BCUT2D eigenvalue weighted by Crippen LogP contribution is 2.39. The molecule has 1 atom stereocenters. The smallest absolute Gasteiger partial charge is 0.0701 e. The summed E-state index contributed by atoms with van der Waals surface area (Å²) in [6.45, 7) is 20.7. The van der Waals surface area contributed by atoms with E-state index in [1.807, 2.05) is 54.7 Å². The van der Waals surface area contributed by atoms with Crippen molar-refractivity contribution in [1.29, 1.82) is 10.8 Å². The maximum absolute atomic E-state index is 7.75. The fourth-order valence-corrected chi connectivity index (χ4v) is 6.11. The Morgan fingerprint density at radius 3 is 2.29 bits per heavy atom. The van der Waals surface area contributed by atoms with Crippen molar-refractivity contribution in [2.45, 2.75) is 19.9 Å². The second-order valence-electron chi connectivity index (χ2n) is 11.7. The first-order chi connectivity index (χ1) is 23.8. The van der Waals surface area contributed by atoms with Crippen LogP contribution < -0.4 is 5.32 Å². The monoisotopic (exact) mass is 638 g/mol. The number of hydrogen-bond donors (Lipinski definition) is 3. The molecule has 0 radical (unpaired) electrons. The summed E-state index contributed by atoms with van der Waals surface area (Å²) in [5, 5.41) is 18.7. The second kappa shape index (κ2) is 15.6. The fourth-order valence-electron chi connectivity index (χ4n) is 6.11. The van der Waals surface area contributed by atoms with Crippen LogP contribution in [-0.2, 0) is 0 Å². The minimum Gasteiger partial charge on any atom is -0.374 e. The molecule has 0 aliphatic carbocycles. The van der Waals surface area contributed by atoms with Gasteiger partial charge in [-0.15, -0.1) is 0 Å². The third-order valence-electron chi connectivity index (χ3n) is 8.83. The topological polar surface area (TPSA) is 64.7 Å². The number of allylic oxidation sites excluding steroid dienone is 7. The van der Waals surface area contributed by atoms with Gasteiger partial charge in [-0.1, -0.05) is 123 Å².